The number of primary amides is 1. The summed E-state index contributed by atoms with van der Waals surface area (Å²) in [7, 11) is 6.33. The number of likely N-dealkylation sites (N-methyl/N-ethyl adjacent to an activating group) is 1. The van der Waals surface area contributed by atoms with Gasteiger partial charge in [-0.05, 0) is 44.5 Å². The van der Waals surface area contributed by atoms with Crippen LogP contribution in [-0.2, 0) is 20.8 Å². The zero-order chi connectivity index (χ0) is 27.0. The molecule has 0 spiro atoms. The molecule has 1 aromatic rings. The predicted octanol–water partition coefficient (Wildman–Crippen LogP) is -0.272. The first kappa shape index (κ1) is 25.2. The van der Waals surface area contributed by atoms with Gasteiger partial charge in [0.2, 0.25) is 5.78 Å². The number of carbonyl (C=O) groups is 4. The molecular formula is C24H27N3O9. The molecule has 4 atom stereocenters. The van der Waals surface area contributed by atoms with Crippen LogP contribution in [0.5, 0.6) is 5.75 Å². The number of fused-ring (bicyclic) bond motifs is 3. The molecule has 12 heteroatoms. The number of rotatable bonds is 4. The number of ketones is 2. The van der Waals surface area contributed by atoms with E-state index in [1.807, 2.05) is 0 Å². The second-order valence-electron chi connectivity index (χ2n) is 9.81. The van der Waals surface area contributed by atoms with Gasteiger partial charge in [-0.2, -0.15) is 0 Å². The van der Waals surface area contributed by atoms with Gasteiger partial charge < -0.3 is 36.2 Å². The number of aliphatic hydroxyl groups is 3. The number of aromatic carboxylic acids is 1. The van der Waals surface area contributed by atoms with Crippen LogP contribution in [0.3, 0.4) is 0 Å². The second kappa shape index (κ2) is 8.07. The van der Waals surface area contributed by atoms with Crippen molar-refractivity contribution in [2.24, 2.45) is 17.6 Å². The fourth-order valence-corrected chi connectivity index (χ4v) is 5.85. The highest BCUT2D eigenvalue weighted by atomic mass is 16.4. The highest BCUT2D eigenvalue weighted by Gasteiger charge is 2.64. The Morgan fingerprint density at radius 2 is 1.72 bits per heavy atom. The lowest BCUT2D eigenvalue weighted by molar-refractivity contribution is -0.153. The lowest BCUT2D eigenvalue weighted by atomic mass is 9.57. The molecule has 4 rings (SSSR count). The van der Waals surface area contributed by atoms with Crippen molar-refractivity contribution in [2.75, 3.05) is 33.1 Å². The number of hydrogen-bond donors (Lipinski definition) is 6. The molecule has 0 radical (unpaired) electrons. The molecule has 3 aliphatic rings. The smallest absolute Gasteiger partial charge is 0.339 e. The molecular weight excluding hydrogens is 474 g/mol. The number of phenols is 1. The number of benzene rings is 1. The van der Waals surface area contributed by atoms with Gasteiger partial charge in [-0.15, -0.1) is 0 Å². The summed E-state index contributed by atoms with van der Waals surface area (Å²) in [5.74, 6) is -9.39. The van der Waals surface area contributed by atoms with Crippen LogP contribution in [0.2, 0.25) is 0 Å². The van der Waals surface area contributed by atoms with E-state index in [9.17, 15) is 44.7 Å². The van der Waals surface area contributed by atoms with Crippen molar-refractivity contribution in [1.29, 1.82) is 0 Å². The molecule has 7 N–H and O–H groups in total. The number of carboxylic acid groups (broad SMARTS) is 1. The summed E-state index contributed by atoms with van der Waals surface area (Å²) in [4.78, 5) is 53.7. The molecule has 0 bridgehead atoms. The van der Waals surface area contributed by atoms with Gasteiger partial charge >= 0.3 is 5.97 Å². The molecule has 3 aliphatic carbocycles. The minimum absolute atomic E-state index is 0.0555. The van der Waals surface area contributed by atoms with Crippen LogP contribution >= 0.6 is 0 Å². The van der Waals surface area contributed by atoms with E-state index in [-0.39, 0.29) is 24.0 Å². The van der Waals surface area contributed by atoms with Gasteiger partial charge in [-0.25, -0.2) is 4.79 Å². The number of Topliss-reactive ketones (excluding diaryl/α,β-unsaturated/α-hetero) is 2. The standard InChI is InChI=1S/C24H27N3O9/c1-26(2)12-7-10(23(34)35)17(28)14-9(12)5-8-6-11-16(27(3)4)19(30)15(22(25)33)21(32)24(11,36)20(31)13(8)18(14)29/h7-8,11,16,28-29,32,36H,5-6H2,1-4H3,(H2,25,33)(H,34,35)/t8-,11-,16-,24-/m0/s1. The zero-order valence-electron chi connectivity index (χ0n) is 20.1. The van der Waals surface area contributed by atoms with Gasteiger partial charge in [0.1, 0.15) is 28.4 Å². The molecule has 1 amide bonds. The summed E-state index contributed by atoms with van der Waals surface area (Å²) in [6, 6.07) is 0.0782. The van der Waals surface area contributed by atoms with E-state index in [4.69, 9.17) is 5.73 Å². The topological polar surface area (TPSA) is 202 Å². The number of hydrogen-bond acceptors (Lipinski definition) is 10. The molecule has 1 fully saturated rings. The SMILES string of the molecule is CN(C)c1cc(C(=O)O)c(O)c2c1C[C@H]1C[C@H]3[C@H](N(C)C)C(=O)C(C(N)=O)=C(O)[C@@]3(O)C(=O)C1=C2O. The van der Waals surface area contributed by atoms with E-state index >= 15 is 0 Å². The summed E-state index contributed by atoms with van der Waals surface area (Å²) in [6.45, 7) is 0. The maximum absolute atomic E-state index is 13.8. The van der Waals surface area contributed by atoms with Crippen molar-refractivity contribution >= 4 is 34.9 Å². The average Bonchev–Trinajstić information content (AvgIpc) is 2.75. The number of nitrogens with zero attached hydrogens (tertiary/aromatic N) is 2. The second-order valence-corrected chi connectivity index (χ2v) is 9.81. The predicted molar refractivity (Wildman–Crippen MR) is 126 cm³/mol. The normalized spacial score (nSPS) is 27.6. The Kier molecular flexibility index (Phi) is 5.65. The Morgan fingerprint density at radius 3 is 2.22 bits per heavy atom. The van der Waals surface area contributed by atoms with Crippen LogP contribution < -0.4 is 10.6 Å². The van der Waals surface area contributed by atoms with E-state index in [1.165, 1.54) is 25.1 Å². The molecule has 0 saturated heterocycles. The molecule has 0 aromatic heterocycles. The van der Waals surface area contributed by atoms with Crippen molar-refractivity contribution < 1.29 is 44.7 Å². The molecule has 1 saturated carbocycles. The molecule has 12 nitrogen and oxygen atoms in total. The number of aliphatic hydroxyl groups excluding tert-OH is 2. The fourth-order valence-electron chi connectivity index (χ4n) is 5.85. The molecule has 192 valence electrons. The van der Waals surface area contributed by atoms with Crippen LogP contribution in [0.15, 0.2) is 23.0 Å². The third kappa shape index (κ3) is 3.14. The van der Waals surface area contributed by atoms with Crippen LogP contribution in [0.4, 0.5) is 5.69 Å². The van der Waals surface area contributed by atoms with Crippen LogP contribution in [-0.4, -0.2) is 93.7 Å². The minimum atomic E-state index is -2.76. The number of carboxylic acids is 1. The largest absolute Gasteiger partial charge is 0.508 e. The highest BCUT2D eigenvalue weighted by Crippen LogP contribution is 2.54. The Bertz CT molecular complexity index is 1310. The van der Waals surface area contributed by atoms with E-state index in [0.29, 0.717) is 11.3 Å². The Balaban J connectivity index is 2.03. The third-order valence-corrected chi connectivity index (χ3v) is 7.41. The first-order chi connectivity index (χ1) is 16.7. The Labute approximate surface area is 205 Å². The van der Waals surface area contributed by atoms with Gasteiger partial charge in [-0.3, -0.25) is 19.3 Å². The highest BCUT2D eigenvalue weighted by molar-refractivity contribution is 6.24. The Morgan fingerprint density at radius 1 is 1.11 bits per heavy atom. The van der Waals surface area contributed by atoms with E-state index < -0.39 is 75.3 Å². The van der Waals surface area contributed by atoms with Gasteiger partial charge in [-0.1, -0.05) is 0 Å². The van der Waals surface area contributed by atoms with Crippen molar-refractivity contribution in [1.82, 2.24) is 4.90 Å². The van der Waals surface area contributed by atoms with Gasteiger partial charge in [0, 0.05) is 31.3 Å². The van der Waals surface area contributed by atoms with E-state index in [2.05, 4.69) is 0 Å². The van der Waals surface area contributed by atoms with Crippen molar-refractivity contribution in [2.45, 2.75) is 24.5 Å². The molecule has 36 heavy (non-hydrogen) atoms. The third-order valence-electron chi connectivity index (χ3n) is 7.41. The summed E-state index contributed by atoms with van der Waals surface area (Å²) in [6.07, 6.45) is 0.00951. The van der Waals surface area contributed by atoms with Gasteiger partial charge in [0.15, 0.2) is 11.4 Å². The maximum atomic E-state index is 13.8. The number of anilines is 1. The van der Waals surface area contributed by atoms with Crippen molar-refractivity contribution in [3.63, 3.8) is 0 Å². The monoisotopic (exact) mass is 501 g/mol. The summed E-state index contributed by atoms with van der Waals surface area (Å²) in [5, 5.41) is 53.9. The first-order valence-corrected chi connectivity index (χ1v) is 11.1. The van der Waals surface area contributed by atoms with Crippen LogP contribution in [0, 0.1) is 11.8 Å². The van der Waals surface area contributed by atoms with Crippen molar-refractivity contribution in [3.05, 3.63) is 39.7 Å². The average molecular weight is 501 g/mol. The number of carbonyl (C=O) groups excluding carboxylic acids is 3. The maximum Gasteiger partial charge on any atom is 0.339 e. The summed E-state index contributed by atoms with van der Waals surface area (Å²) < 4.78 is 0. The number of nitrogens with two attached hydrogens (primary N) is 1. The molecule has 0 heterocycles. The van der Waals surface area contributed by atoms with Gasteiger partial charge in [0.25, 0.3) is 5.91 Å². The minimum Gasteiger partial charge on any atom is -0.508 e. The fraction of sp³-hybridized carbons (Fsp3) is 0.417. The number of aromatic hydroxyl groups is 1. The zero-order valence-corrected chi connectivity index (χ0v) is 20.1. The van der Waals surface area contributed by atoms with Crippen molar-refractivity contribution in [3.8, 4) is 5.75 Å². The van der Waals surface area contributed by atoms with Crippen LogP contribution in [0.1, 0.15) is 27.9 Å². The van der Waals surface area contributed by atoms with E-state index in [1.54, 1.807) is 19.0 Å². The van der Waals surface area contributed by atoms with Gasteiger partial charge in [0.05, 0.1) is 11.6 Å². The quantitative estimate of drug-likeness (QED) is 0.296. The number of amides is 1. The summed E-state index contributed by atoms with van der Waals surface area (Å²) >= 11 is 0. The summed E-state index contributed by atoms with van der Waals surface area (Å²) in [5.41, 5.74) is 1.30. The lowest BCUT2D eigenvalue weighted by Gasteiger charge is -2.50. The van der Waals surface area contributed by atoms with Crippen LogP contribution in [0.25, 0.3) is 5.76 Å². The molecule has 0 unspecified atom stereocenters. The lowest BCUT2D eigenvalue weighted by Crippen LogP contribution is -2.65. The molecule has 1 aromatic carbocycles. The first-order valence-electron chi connectivity index (χ1n) is 11.1. The van der Waals surface area contributed by atoms with E-state index in [0.717, 1.165) is 0 Å². The Hall–Kier alpha value is -3.90. The molecule has 0 aliphatic heterocycles.